The second-order valence-corrected chi connectivity index (χ2v) is 11.7. The van der Waals surface area contributed by atoms with Crippen LogP contribution in [0.2, 0.25) is 5.02 Å². The van der Waals surface area contributed by atoms with E-state index in [0.717, 1.165) is 61.2 Å². The maximum Gasteiger partial charge on any atom is 0.416 e. The number of rotatable bonds is 5. The lowest BCUT2D eigenvalue weighted by molar-refractivity contribution is -0.138. The molecular weight excluding hydrogens is 549 g/mol. The van der Waals surface area contributed by atoms with E-state index in [-0.39, 0.29) is 12.1 Å². The summed E-state index contributed by atoms with van der Waals surface area (Å²) in [4.78, 5) is 6.62. The van der Waals surface area contributed by atoms with Gasteiger partial charge in [-0.1, -0.05) is 37.6 Å². The number of ether oxygens (including phenoxy) is 1. The van der Waals surface area contributed by atoms with Crippen molar-refractivity contribution in [2.75, 3.05) is 13.2 Å². The van der Waals surface area contributed by atoms with Gasteiger partial charge in [-0.2, -0.15) is 13.2 Å². The predicted octanol–water partition coefficient (Wildman–Crippen LogP) is 8.39. The largest absolute Gasteiger partial charge is 0.491 e. The fourth-order valence-corrected chi connectivity index (χ4v) is 6.37. The number of hydrogen-bond acceptors (Lipinski definition) is 3. The highest BCUT2D eigenvalue weighted by Crippen LogP contribution is 2.41. The van der Waals surface area contributed by atoms with Gasteiger partial charge in [0.25, 0.3) is 0 Å². The van der Waals surface area contributed by atoms with E-state index in [9.17, 15) is 13.2 Å². The fourth-order valence-electron chi connectivity index (χ4n) is 6.18. The SMILES string of the molecule is CC(C)COc1cccc2c3c4ccnc4ccc3c3c4c([nH]n3c12)CCN(Cc1cc(Cl)ccc1C(F)(F)F)C4. The summed E-state index contributed by atoms with van der Waals surface area (Å²) in [7, 11) is 0. The summed E-state index contributed by atoms with van der Waals surface area (Å²) in [6.07, 6.45) is -1.95. The Balaban J connectivity index is 1.43. The molecule has 41 heavy (non-hydrogen) atoms. The highest BCUT2D eigenvalue weighted by Gasteiger charge is 2.34. The van der Waals surface area contributed by atoms with Crippen LogP contribution in [0.4, 0.5) is 13.2 Å². The van der Waals surface area contributed by atoms with Crippen molar-refractivity contribution in [3.05, 3.63) is 88.2 Å². The highest BCUT2D eigenvalue weighted by atomic mass is 35.5. The van der Waals surface area contributed by atoms with Gasteiger partial charge in [-0.05, 0) is 53.9 Å². The second-order valence-electron chi connectivity index (χ2n) is 11.2. The van der Waals surface area contributed by atoms with Crippen molar-refractivity contribution in [3.63, 3.8) is 0 Å². The number of pyridine rings is 1. The molecule has 0 saturated carbocycles. The number of fused-ring (bicyclic) bond motifs is 10. The maximum atomic E-state index is 13.8. The van der Waals surface area contributed by atoms with Crippen molar-refractivity contribution >= 4 is 49.7 Å². The third-order valence-corrected chi connectivity index (χ3v) is 8.18. The maximum absolute atomic E-state index is 13.8. The van der Waals surface area contributed by atoms with Gasteiger partial charge in [0.15, 0.2) is 0 Å². The lowest BCUT2D eigenvalue weighted by Crippen LogP contribution is -2.30. The molecule has 0 aliphatic carbocycles. The van der Waals surface area contributed by atoms with Gasteiger partial charge in [-0.15, -0.1) is 0 Å². The van der Waals surface area contributed by atoms with Gasteiger partial charge in [0.2, 0.25) is 0 Å². The van der Waals surface area contributed by atoms with Crippen molar-refractivity contribution < 1.29 is 17.9 Å². The smallest absolute Gasteiger partial charge is 0.416 e. The molecule has 3 aromatic carbocycles. The van der Waals surface area contributed by atoms with Crippen LogP contribution >= 0.6 is 11.6 Å². The molecule has 0 amide bonds. The lowest BCUT2D eigenvalue weighted by Gasteiger charge is -2.28. The van der Waals surface area contributed by atoms with Gasteiger partial charge in [0, 0.05) is 70.1 Å². The van der Waals surface area contributed by atoms with Crippen LogP contribution in [-0.4, -0.2) is 32.6 Å². The van der Waals surface area contributed by atoms with Crippen LogP contribution in [-0.2, 0) is 25.7 Å². The molecule has 0 bridgehead atoms. The van der Waals surface area contributed by atoms with Crippen LogP contribution in [0.25, 0.3) is 38.1 Å². The van der Waals surface area contributed by atoms with Crippen molar-refractivity contribution in [2.24, 2.45) is 5.92 Å². The summed E-state index contributed by atoms with van der Waals surface area (Å²) in [6, 6.07) is 16.1. The van der Waals surface area contributed by atoms with E-state index in [1.807, 2.05) is 30.5 Å². The molecule has 0 unspecified atom stereocenters. The summed E-state index contributed by atoms with van der Waals surface area (Å²) in [5, 5.41) is 8.22. The average Bonchev–Trinajstić information content (AvgIpc) is 3.55. The van der Waals surface area contributed by atoms with E-state index in [4.69, 9.17) is 16.3 Å². The zero-order valence-corrected chi connectivity index (χ0v) is 23.4. The standard InChI is InChI=1S/C32H28ClF3N4O/c1-18(2)17-41-28-5-3-4-22-29-21-10-12-37-26(21)9-7-23(29)30-24-16-39(13-11-27(24)38-40(30)31(22)28)15-19-14-20(33)6-8-25(19)32(34,35)36/h3-10,12,14,18,38H,11,13,15-17H2,1-2H3. The molecule has 0 fully saturated rings. The molecule has 0 spiro atoms. The van der Waals surface area contributed by atoms with E-state index >= 15 is 0 Å². The number of hydrogen-bond donors (Lipinski definition) is 1. The summed E-state index contributed by atoms with van der Waals surface area (Å²) >= 11 is 6.13. The molecule has 0 saturated heterocycles. The molecule has 6 aromatic rings. The predicted molar refractivity (Wildman–Crippen MR) is 157 cm³/mol. The van der Waals surface area contributed by atoms with E-state index in [2.05, 4.69) is 45.5 Å². The van der Waals surface area contributed by atoms with Crippen molar-refractivity contribution in [1.29, 1.82) is 0 Å². The Morgan fingerprint density at radius 3 is 2.66 bits per heavy atom. The van der Waals surface area contributed by atoms with E-state index in [1.165, 1.54) is 12.1 Å². The number of aromatic amines is 1. The minimum Gasteiger partial charge on any atom is -0.491 e. The molecule has 3 aromatic heterocycles. The first-order chi connectivity index (χ1) is 19.7. The Hall–Kier alpha value is -3.75. The number of alkyl halides is 3. The summed E-state index contributed by atoms with van der Waals surface area (Å²) in [5.74, 6) is 1.14. The van der Waals surface area contributed by atoms with Crippen LogP contribution in [0, 0.1) is 5.92 Å². The average molecular weight is 577 g/mol. The first kappa shape index (κ1) is 26.2. The molecule has 7 rings (SSSR count). The number of halogens is 4. The van der Waals surface area contributed by atoms with Gasteiger partial charge in [-0.3, -0.25) is 19.5 Å². The molecule has 210 valence electrons. The molecule has 5 nitrogen and oxygen atoms in total. The number of nitrogens with zero attached hydrogens (tertiary/aromatic N) is 3. The summed E-state index contributed by atoms with van der Waals surface area (Å²) in [6.45, 7) is 6.09. The van der Waals surface area contributed by atoms with Crippen LogP contribution < -0.4 is 4.74 Å². The van der Waals surface area contributed by atoms with E-state index in [1.54, 1.807) is 0 Å². The molecule has 1 aliphatic heterocycles. The van der Waals surface area contributed by atoms with Gasteiger partial charge in [-0.25, -0.2) is 0 Å². The molecule has 1 N–H and O–H groups in total. The number of para-hydroxylation sites is 1. The normalized spacial score (nSPS) is 14.6. The number of benzene rings is 3. The first-order valence-corrected chi connectivity index (χ1v) is 14.1. The number of H-pyrrole nitrogens is 1. The van der Waals surface area contributed by atoms with Crippen LogP contribution in [0.5, 0.6) is 5.75 Å². The Kier molecular flexibility index (Phi) is 6.17. The Morgan fingerprint density at radius 1 is 1.02 bits per heavy atom. The minimum absolute atomic E-state index is 0.150. The molecular formula is C32H28ClF3N4O. The van der Waals surface area contributed by atoms with Gasteiger partial charge in [0.1, 0.15) is 11.3 Å². The Labute approximate surface area is 239 Å². The quantitative estimate of drug-likeness (QED) is 0.210. The van der Waals surface area contributed by atoms with Crippen molar-refractivity contribution in [1.82, 2.24) is 19.5 Å². The number of aromatic nitrogens is 3. The molecule has 0 atom stereocenters. The van der Waals surface area contributed by atoms with Crippen LogP contribution in [0.15, 0.2) is 60.8 Å². The highest BCUT2D eigenvalue weighted by molar-refractivity contribution is 6.30. The molecule has 1 aliphatic rings. The Bertz CT molecular complexity index is 1960. The van der Waals surface area contributed by atoms with Crippen molar-refractivity contribution in [2.45, 2.75) is 39.5 Å². The van der Waals surface area contributed by atoms with Crippen molar-refractivity contribution in [3.8, 4) is 5.75 Å². The van der Waals surface area contributed by atoms with Gasteiger partial charge >= 0.3 is 6.18 Å². The molecule has 4 heterocycles. The number of nitrogens with one attached hydrogen (secondary N) is 1. The topological polar surface area (TPSA) is 45.6 Å². The lowest BCUT2D eigenvalue weighted by atomic mass is 9.97. The first-order valence-electron chi connectivity index (χ1n) is 13.7. The monoisotopic (exact) mass is 576 g/mol. The van der Waals surface area contributed by atoms with Crippen LogP contribution in [0.1, 0.15) is 36.2 Å². The van der Waals surface area contributed by atoms with Gasteiger partial charge < -0.3 is 4.74 Å². The van der Waals surface area contributed by atoms with E-state index < -0.39 is 11.7 Å². The third-order valence-electron chi connectivity index (χ3n) is 7.94. The third kappa shape index (κ3) is 4.41. The summed E-state index contributed by atoms with van der Waals surface area (Å²) < 4.78 is 49.9. The molecule has 9 heteroatoms. The summed E-state index contributed by atoms with van der Waals surface area (Å²) in [5.41, 5.74) is 4.58. The molecule has 0 radical (unpaired) electrons. The zero-order valence-electron chi connectivity index (χ0n) is 22.6. The Morgan fingerprint density at radius 2 is 1.85 bits per heavy atom. The second kappa shape index (κ2) is 9.67. The van der Waals surface area contributed by atoms with Gasteiger partial charge in [0.05, 0.1) is 23.2 Å². The minimum atomic E-state index is -4.45. The van der Waals surface area contributed by atoms with E-state index in [0.29, 0.717) is 37.1 Å². The zero-order chi connectivity index (χ0) is 28.5. The fraction of sp³-hybridized carbons (Fsp3) is 0.281. The van der Waals surface area contributed by atoms with Crippen LogP contribution in [0.3, 0.4) is 0 Å².